The fraction of sp³-hybridized carbons (Fsp3) is 0.0833. The summed E-state index contributed by atoms with van der Waals surface area (Å²) in [6.45, 7) is 0. The normalized spacial score (nSPS) is 11.3. The van der Waals surface area contributed by atoms with Gasteiger partial charge in [-0.2, -0.15) is 26.3 Å². The molecule has 0 aliphatic heterocycles. The van der Waals surface area contributed by atoms with Gasteiger partial charge in [-0.15, -0.1) is 12.4 Å². The molecule has 0 bridgehead atoms. The number of rotatable bonds is 5. The molecule has 0 saturated carbocycles. The predicted octanol–water partition coefficient (Wildman–Crippen LogP) is 7.39. The lowest BCUT2D eigenvalue weighted by Gasteiger charge is -2.15. The Morgan fingerprint density at radius 2 is 1.39 bits per heavy atom. The van der Waals surface area contributed by atoms with E-state index in [2.05, 4.69) is 25.6 Å². The summed E-state index contributed by atoms with van der Waals surface area (Å²) in [5, 5.41) is 7.27. The van der Waals surface area contributed by atoms with Crippen LogP contribution in [-0.2, 0) is 12.4 Å². The Kier molecular flexibility index (Phi) is 8.41. The quantitative estimate of drug-likeness (QED) is 0.224. The molecule has 7 nitrogen and oxygen atoms in total. The molecule has 0 fully saturated rings. The fourth-order valence-electron chi connectivity index (χ4n) is 3.16. The summed E-state index contributed by atoms with van der Waals surface area (Å²) in [6, 6.07) is 13.9. The third-order valence-electron chi connectivity index (χ3n) is 4.83. The third kappa shape index (κ3) is 7.32. The number of urea groups is 1. The van der Waals surface area contributed by atoms with Gasteiger partial charge in [0.15, 0.2) is 0 Å². The number of para-hydroxylation sites is 1. The first-order chi connectivity index (χ1) is 17.5. The van der Waals surface area contributed by atoms with E-state index in [1.54, 1.807) is 12.1 Å². The Morgan fingerprint density at radius 1 is 0.737 bits per heavy atom. The van der Waals surface area contributed by atoms with E-state index in [0.717, 1.165) is 5.69 Å². The lowest BCUT2D eigenvalue weighted by Crippen LogP contribution is -2.22. The molecule has 2 amide bonds. The van der Waals surface area contributed by atoms with Crippen molar-refractivity contribution in [1.82, 2.24) is 15.0 Å². The average molecular weight is 555 g/mol. The summed E-state index contributed by atoms with van der Waals surface area (Å²) in [7, 11) is 0. The van der Waals surface area contributed by atoms with Crippen LogP contribution in [0.1, 0.15) is 11.1 Å². The van der Waals surface area contributed by atoms with Crippen molar-refractivity contribution in [3.8, 4) is 11.3 Å². The van der Waals surface area contributed by atoms with Crippen LogP contribution in [0.15, 0.2) is 79.1 Å². The lowest BCUT2D eigenvalue weighted by molar-refractivity contribution is -0.143. The molecule has 0 unspecified atom stereocenters. The number of nitrogens with zero attached hydrogens (tertiary/aromatic N) is 3. The second-order valence-electron chi connectivity index (χ2n) is 7.56. The summed E-state index contributed by atoms with van der Waals surface area (Å²) in [5.74, 6) is 0.338. The van der Waals surface area contributed by atoms with Crippen molar-refractivity contribution in [2.45, 2.75) is 12.4 Å². The molecular formula is C24H17ClF6N6O. The van der Waals surface area contributed by atoms with Crippen molar-refractivity contribution in [2.75, 3.05) is 16.0 Å². The molecule has 0 spiro atoms. The topological polar surface area (TPSA) is 91.8 Å². The number of carbonyl (C=O) groups is 1. The largest absolute Gasteiger partial charge is 0.416 e. The van der Waals surface area contributed by atoms with Gasteiger partial charge in [0.2, 0.25) is 5.95 Å². The lowest BCUT2D eigenvalue weighted by atomic mass is 10.1. The van der Waals surface area contributed by atoms with Crippen LogP contribution in [0.5, 0.6) is 0 Å². The minimum absolute atomic E-state index is 0. The van der Waals surface area contributed by atoms with Gasteiger partial charge >= 0.3 is 18.4 Å². The maximum absolute atomic E-state index is 13.0. The monoisotopic (exact) mass is 554 g/mol. The van der Waals surface area contributed by atoms with E-state index in [1.165, 1.54) is 18.5 Å². The first-order valence-corrected chi connectivity index (χ1v) is 10.5. The summed E-state index contributed by atoms with van der Waals surface area (Å²) >= 11 is 0. The van der Waals surface area contributed by atoms with Crippen LogP contribution in [0.4, 0.5) is 54.3 Å². The van der Waals surface area contributed by atoms with E-state index in [9.17, 15) is 31.1 Å². The number of benzene rings is 2. The second kappa shape index (κ2) is 11.3. The van der Waals surface area contributed by atoms with Crippen molar-refractivity contribution in [2.24, 2.45) is 0 Å². The Bertz CT molecular complexity index is 1370. The zero-order valence-corrected chi connectivity index (χ0v) is 19.7. The molecule has 4 rings (SSSR count). The van der Waals surface area contributed by atoms with Crippen molar-refractivity contribution in [3.05, 3.63) is 90.3 Å². The smallest absolute Gasteiger partial charge is 0.340 e. The number of nitrogens with one attached hydrogen (secondary N) is 3. The summed E-state index contributed by atoms with van der Waals surface area (Å²) in [5.41, 5.74) is -2.06. The number of halogens is 7. The first kappa shape index (κ1) is 28.2. The maximum atomic E-state index is 13.0. The fourth-order valence-corrected chi connectivity index (χ4v) is 3.16. The molecule has 0 atom stereocenters. The highest BCUT2D eigenvalue weighted by Crippen LogP contribution is 2.37. The summed E-state index contributed by atoms with van der Waals surface area (Å²) in [4.78, 5) is 24.6. The van der Waals surface area contributed by atoms with Gasteiger partial charge < -0.3 is 10.6 Å². The van der Waals surface area contributed by atoms with E-state index in [0.29, 0.717) is 29.2 Å². The molecule has 2 aromatic carbocycles. The average Bonchev–Trinajstić information content (AvgIpc) is 2.84. The van der Waals surface area contributed by atoms with Gasteiger partial charge in [-0.05, 0) is 48.5 Å². The van der Waals surface area contributed by atoms with Crippen LogP contribution >= 0.6 is 12.4 Å². The Morgan fingerprint density at radius 3 is 1.97 bits per heavy atom. The van der Waals surface area contributed by atoms with E-state index in [-0.39, 0.29) is 24.4 Å². The predicted molar refractivity (Wildman–Crippen MR) is 131 cm³/mol. The number of pyridine rings is 1. The number of hydrogen-bond donors (Lipinski definition) is 3. The zero-order chi connectivity index (χ0) is 26.6. The van der Waals surface area contributed by atoms with E-state index >= 15 is 0 Å². The van der Waals surface area contributed by atoms with Crippen LogP contribution in [0, 0.1) is 0 Å². The molecular weight excluding hydrogens is 538 g/mol. The summed E-state index contributed by atoms with van der Waals surface area (Å²) < 4.78 is 78.2. The van der Waals surface area contributed by atoms with Gasteiger partial charge in [0, 0.05) is 29.3 Å². The van der Waals surface area contributed by atoms with Gasteiger partial charge in [-0.25, -0.2) is 19.7 Å². The van der Waals surface area contributed by atoms with Gasteiger partial charge in [0.05, 0.1) is 16.8 Å². The summed E-state index contributed by atoms with van der Waals surface area (Å²) in [6.07, 6.45) is -7.25. The van der Waals surface area contributed by atoms with Crippen LogP contribution in [-0.4, -0.2) is 21.0 Å². The van der Waals surface area contributed by atoms with Crippen molar-refractivity contribution < 1.29 is 31.1 Å². The highest BCUT2D eigenvalue weighted by molar-refractivity contribution is 5.98. The molecule has 0 radical (unpaired) electrons. The number of carbonyl (C=O) groups excluding carboxylic acids is 1. The first-order valence-electron chi connectivity index (χ1n) is 10.5. The molecule has 3 N–H and O–H groups in total. The van der Waals surface area contributed by atoms with Crippen molar-refractivity contribution in [1.29, 1.82) is 0 Å². The minimum atomic E-state index is -5.05. The van der Waals surface area contributed by atoms with Gasteiger partial charge in [0.25, 0.3) is 0 Å². The number of anilines is 4. The molecule has 14 heteroatoms. The van der Waals surface area contributed by atoms with E-state index in [4.69, 9.17) is 0 Å². The molecule has 0 saturated heterocycles. The SMILES string of the molecule is Cl.O=C(Nc1cc(C(F)(F)F)cc(C(F)(F)F)c1)Nc1nccc(-c2ccc(Nc3ccccc3)nc2)n1. The molecule has 4 aromatic rings. The van der Waals surface area contributed by atoms with Gasteiger partial charge in [-0.1, -0.05) is 18.2 Å². The van der Waals surface area contributed by atoms with Crippen LogP contribution < -0.4 is 16.0 Å². The van der Waals surface area contributed by atoms with Crippen LogP contribution in [0.2, 0.25) is 0 Å². The van der Waals surface area contributed by atoms with Crippen LogP contribution in [0.3, 0.4) is 0 Å². The standard InChI is InChI=1S/C24H16F6N6O.ClH/c25-23(26,27)15-10-16(24(28,29)30)12-18(11-15)34-22(37)36-21-31-9-8-19(35-21)14-6-7-20(32-13-14)33-17-4-2-1-3-5-17;/h1-13H,(H,32,33)(H2,31,34,35,36,37);1H. The number of alkyl halides is 6. The van der Waals surface area contributed by atoms with Crippen molar-refractivity contribution in [3.63, 3.8) is 0 Å². The molecule has 0 aliphatic carbocycles. The number of aromatic nitrogens is 3. The van der Waals surface area contributed by atoms with E-state index < -0.39 is 35.2 Å². The number of amides is 2. The van der Waals surface area contributed by atoms with Crippen LogP contribution in [0.25, 0.3) is 11.3 Å². The minimum Gasteiger partial charge on any atom is -0.340 e. The molecule has 2 aromatic heterocycles. The molecule has 38 heavy (non-hydrogen) atoms. The highest BCUT2D eigenvalue weighted by Gasteiger charge is 2.37. The molecule has 2 heterocycles. The number of hydrogen-bond acceptors (Lipinski definition) is 5. The Balaban J connectivity index is 0.00000400. The third-order valence-corrected chi connectivity index (χ3v) is 4.83. The van der Waals surface area contributed by atoms with Gasteiger partial charge in [0.1, 0.15) is 5.82 Å². The molecule has 0 aliphatic rings. The van der Waals surface area contributed by atoms with Crippen molar-refractivity contribution >= 4 is 41.6 Å². The maximum Gasteiger partial charge on any atom is 0.416 e. The second-order valence-corrected chi connectivity index (χ2v) is 7.56. The van der Waals surface area contributed by atoms with Gasteiger partial charge in [-0.3, -0.25) is 5.32 Å². The molecule has 198 valence electrons. The zero-order valence-electron chi connectivity index (χ0n) is 18.9. The Hall–Kier alpha value is -4.39. The highest BCUT2D eigenvalue weighted by atomic mass is 35.5. The Labute approximate surface area is 217 Å². The van der Waals surface area contributed by atoms with E-state index in [1.807, 2.05) is 35.6 Å².